The van der Waals surface area contributed by atoms with E-state index in [1.54, 1.807) is 26.2 Å². The van der Waals surface area contributed by atoms with Crippen LogP contribution in [0.2, 0.25) is 0 Å². The summed E-state index contributed by atoms with van der Waals surface area (Å²) in [6.45, 7) is 0. The van der Waals surface area contributed by atoms with Crippen LogP contribution in [0.3, 0.4) is 0 Å². The number of likely N-dealkylation sites (N-methyl/N-ethyl adjacent to an activating group) is 1. The van der Waals surface area contributed by atoms with Crippen LogP contribution < -0.4 is 0 Å². The highest BCUT2D eigenvalue weighted by atomic mass is 127. The van der Waals surface area contributed by atoms with E-state index in [2.05, 4.69) is 0 Å². The van der Waals surface area contributed by atoms with E-state index in [1.165, 1.54) is 17.0 Å². The standard InChI is InChI=1S/C12H11IN2O2/c1-15(2)12(17)9(7-14)5-8-3-4-11(16)10(13)6-8/h3-6,16H,1-2H3/b9-5-. The van der Waals surface area contributed by atoms with E-state index >= 15 is 0 Å². The molecule has 1 N–H and O–H groups in total. The third-order valence-electron chi connectivity index (χ3n) is 2.04. The highest BCUT2D eigenvalue weighted by Gasteiger charge is 2.11. The van der Waals surface area contributed by atoms with Crippen molar-refractivity contribution in [3.05, 3.63) is 32.9 Å². The molecule has 0 bridgehead atoms. The first kappa shape index (κ1) is 13.5. The number of amides is 1. The van der Waals surface area contributed by atoms with Crippen LogP contribution in [0.4, 0.5) is 0 Å². The quantitative estimate of drug-likeness (QED) is 0.508. The first-order valence-electron chi connectivity index (χ1n) is 4.77. The smallest absolute Gasteiger partial charge is 0.264 e. The number of rotatable bonds is 2. The van der Waals surface area contributed by atoms with E-state index < -0.39 is 0 Å². The van der Waals surface area contributed by atoms with Crippen molar-refractivity contribution in [3.63, 3.8) is 0 Å². The number of phenolic OH excluding ortho intramolecular Hbond substituents is 1. The molecule has 0 saturated heterocycles. The third kappa shape index (κ3) is 3.46. The molecule has 0 spiro atoms. The number of phenols is 1. The molecule has 0 aliphatic heterocycles. The molecule has 0 saturated carbocycles. The van der Waals surface area contributed by atoms with Gasteiger partial charge in [0.1, 0.15) is 17.4 Å². The molecule has 1 aromatic rings. The minimum absolute atomic E-state index is 0.0662. The predicted molar refractivity (Wildman–Crippen MR) is 73.1 cm³/mol. The Labute approximate surface area is 113 Å². The largest absolute Gasteiger partial charge is 0.507 e. The first-order valence-corrected chi connectivity index (χ1v) is 5.85. The number of hydrogen-bond acceptors (Lipinski definition) is 3. The lowest BCUT2D eigenvalue weighted by molar-refractivity contribution is -0.124. The fourth-order valence-corrected chi connectivity index (χ4v) is 1.70. The molecule has 0 aliphatic carbocycles. The number of nitriles is 1. The van der Waals surface area contributed by atoms with Gasteiger partial charge >= 0.3 is 0 Å². The first-order chi connectivity index (χ1) is 7.95. The Bertz CT molecular complexity index is 516. The zero-order chi connectivity index (χ0) is 13.0. The van der Waals surface area contributed by atoms with Crippen LogP contribution in [0.5, 0.6) is 5.75 Å². The van der Waals surface area contributed by atoms with Gasteiger partial charge in [-0.05, 0) is 46.4 Å². The maximum Gasteiger partial charge on any atom is 0.264 e. The van der Waals surface area contributed by atoms with Gasteiger partial charge < -0.3 is 10.0 Å². The van der Waals surface area contributed by atoms with Crippen molar-refractivity contribution < 1.29 is 9.90 Å². The highest BCUT2D eigenvalue weighted by Crippen LogP contribution is 2.21. The summed E-state index contributed by atoms with van der Waals surface area (Å²) in [5.41, 5.74) is 0.774. The summed E-state index contributed by atoms with van der Waals surface area (Å²) in [6, 6.07) is 6.76. The Morgan fingerprint density at radius 1 is 1.53 bits per heavy atom. The zero-order valence-corrected chi connectivity index (χ0v) is 11.6. The van der Waals surface area contributed by atoms with Crippen molar-refractivity contribution in [2.45, 2.75) is 0 Å². The van der Waals surface area contributed by atoms with Gasteiger partial charge in [0.25, 0.3) is 5.91 Å². The number of benzene rings is 1. The summed E-state index contributed by atoms with van der Waals surface area (Å²) in [4.78, 5) is 13.0. The van der Waals surface area contributed by atoms with Crippen LogP contribution in [-0.2, 0) is 4.79 Å². The molecular weight excluding hydrogens is 331 g/mol. The molecule has 0 fully saturated rings. The van der Waals surface area contributed by atoms with Gasteiger partial charge in [-0.15, -0.1) is 0 Å². The molecular formula is C12H11IN2O2. The van der Waals surface area contributed by atoms with E-state index in [9.17, 15) is 9.90 Å². The molecule has 1 amide bonds. The minimum Gasteiger partial charge on any atom is -0.507 e. The maximum absolute atomic E-state index is 11.6. The molecule has 17 heavy (non-hydrogen) atoms. The number of aromatic hydroxyl groups is 1. The van der Waals surface area contributed by atoms with Crippen molar-refractivity contribution in [3.8, 4) is 11.8 Å². The van der Waals surface area contributed by atoms with Crippen molar-refractivity contribution in [1.29, 1.82) is 5.26 Å². The van der Waals surface area contributed by atoms with Crippen LogP contribution in [-0.4, -0.2) is 30.0 Å². The van der Waals surface area contributed by atoms with Crippen molar-refractivity contribution in [2.24, 2.45) is 0 Å². The van der Waals surface area contributed by atoms with Gasteiger partial charge in [-0.3, -0.25) is 4.79 Å². The second-order valence-corrected chi connectivity index (χ2v) is 4.74. The van der Waals surface area contributed by atoms with E-state index in [-0.39, 0.29) is 17.2 Å². The third-order valence-corrected chi connectivity index (χ3v) is 2.90. The summed E-state index contributed by atoms with van der Waals surface area (Å²) < 4.78 is 0.672. The zero-order valence-electron chi connectivity index (χ0n) is 9.44. The molecule has 88 valence electrons. The van der Waals surface area contributed by atoms with Crippen molar-refractivity contribution in [2.75, 3.05) is 14.1 Å². The molecule has 1 aromatic carbocycles. The maximum atomic E-state index is 11.6. The summed E-state index contributed by atoms with van der Waals surface area (Å²) in [6.07, 6.45) is 1.50. The Balaban J connectivity index is 3.12. The summed E-state index contributed by atoms with van der Waals surface area (Å²) in [7, 11) is 3.18. The van der Waals surface area contributed by atoms with E-state index in [1.807, 2.05) is 28.7 Å². The van der Waals surface area contributed by atoms with Crippen LogP contribution in [0.25, 0.3) is 6.08 Å². The van der Waals surface area contributed by atoms with Gasteiger partial charge in [-0.1, -0.05) is 6.07 Å². The predicted octanol–water partition coefficient (Wildman–Crippen LogP) is 1.99. The summed E-state index contributed by atoms with van der Waals surface area (Å²) >= 11 is 1.98. The average molecular weight is 342 g/mol. The van der Waals surface area contributed by atoms with E-state index in [4.69, 9.17) is 5.26 Å². The van der Waals surface area contributed by atoms with Gasteiger partial charge in [-0.2, -0.15) is 5.26 Å². The lowest BCUT2D eigenvalue weighted by atomic mass is 10.1. The highest BCUT2D eigenvalue weighted by molar-refractivity contribution is 14.1. The topological polar surface area (TPSA) is 64.3 Å². The molecule has 0 atom stereocenters. The summed E-state index contributed by atoms with van der Waals surface area (Å²) in [5, 5.41) is 18.3. The van der Waals surface area contributed by atoms with Crippen LogP contribution in [0, 0.1) is 14.9 Å². The Morgan fingerprint density at radius 3 is 2.65 bits per heavy atom. The van der Waals surface area contributed by atoms with Crippen LogP contribution in [0.15, 0.2) is 23.8 Å². The van der Waals surface area contributed by atoms with Crippen LogP contribution in [0.1, 0.15) is 5.56 Å². The lowest BCUT2D eigenvalue weighted by Gasteiger charge is -2.08. The SMILES string of the molecule is CN(C)C(=O)/C(C#N)=C\c1ccc(O)c(I)c1. The minimum atomic E-state index is -0.337. The molecule has 0 heterocycles. The molecule has 1 rings (SSSR count). The number of hydrogen-bond donors (Lipinski definition) is 1. The second kappa shape index (κ2) is 5.68. The van der Waals surface area contributed by atoms with Crippen LogP contribution >= 0.6 is 22.6 Å². The number of carbonyl (C=O) groups is 1. The van der Waals surface area contributed by atoms with E-state index in [0.29, 0.717) is 9.13 Å². The fourth-order valence-electron chi connectivity index (χ4n) is 1.16. The monoisotopic (exact) mass is 342 g/mol. The molecule has 0 unspecified atom stereocenters. The molecule has 4 nitrogen and oxygen atoms in total. The van der Waals surface area contributed by atoms with Crippen molar-refractivity contribution >= 4 is 34.6 Å². The fraction of sp³-hybridized carbons (Fsp3) is 0.167. The van der Waals surface area contributed by atoms with Gasteiger partial charge in [0, 0.05) is 14.1 Å². The molecule has 0 aromatic heterocycles. The Hall–Kier alpha value is -1.55. The molecule has 0 radical (unpaired) electrons. The Kier molecular flexibility index (Phi) is 4.52. The van der Waals surface area contributed by atoms with Gasteiger partial charge in [0.2, 0.25) is 0 Å². The molecule has 5 heteroatoms. The van der Waals surface area contributed by atoms with Gasteiger partial charge in [0.05, 0.1) is 3.57 Å². The van der Waals surface area contributed by atoms with E-state index in [0.717, 1.165) is 0 Å². The number of carbonyl (C=O) groups excluding carboxylic acids is 1. The second-order valence-electron chi connectivity index (χ2n) is 3.58. The number of halogens is 1. The summed E-state index contributed by atoms with van der Waals surface area (Å²) in [5.74, 6) is -0.157. The lowest BCUT2D eigenvalue weighted by Crippen LogP contribution is -2.22. The normalized spacial score (nSPS) is 10.8. The Morgan fingerprint density at radius 2 is 2.18 bits per heavy atom. The van der Waals surface area contributed by atoms with Crippen molar-refractivity contribution in [1.82, 2.24) is 4.90 Å². The average Bonchev–Trinajstić information content (AvgIpc) is 2.29. The van der Waals surface area contributed by atoms with Gasteiger partial charge in [0.15, 0.2) is 0 Å². The molecule has 0 aliphatic rings. The number of nitrogens with zero attached hydrogens (tertiary/aromatic N) is 2. The van der Waals surface area contributed by atoms with Gasteiger partial charge in [-0.25, -0.2) is 0 Å².